The number of quaternary nitrogens is 1. The summed E-state index contributed by atoms with van der Waals surface area (Å²) in [7, 11) is 5.39. The Morgan fingerprint density at radius 1 is 0.508 bits per heavy atom. The van der Waals surface area contributed by atoms with Crippen molar-refractivity contribution in [1.29, 1.82) is 0 Å². The lowest BCUT2D eigenvalue weighted by molar-refractivity contribution is -0.889. The molecule has 0 aliphatic heterocycles. The zero-order valence-electron chi connectivity index (χ0n) is 40.1. The number of hydrogen-bond donors (Lipinski definition) is 0. The number of nitrogens with zero attached hydrogens (tertiary/aromatic N) is 1. The molecule has 0 aliphatic carbocycles. The second kappa shape index (κ2) is 43.7. The number of rotatable bonds is 44. The number of esters is 2. The Morgan fingerprint density at radius 3 is 1.34 bits per heavy atom. The molecule has 0 saturated carbocycles. The van der Waals surface area contributed by atoms with Crippen LogP contribution in [0.25, 0.3) is 0 Å². The average Bonchev–Trinajstić information content (AvgIpc) is 3.22. The fourth-order valence-electron chi connectivity index (χ4n) is 7.11. The summed E-state index contributed by atoms with van der Waals surface area (Å²) in [4.78, 5) is 37.0. The predicted molar refractivity (Wildman–Crippen MR) is 254 cm³/mol. The zero-order valence-corrected chi connectivity index (χ0v) is 40.1. The SMILES string of the molecule is CC/C=C/C/C=C/C/C=C/C/C=C/C/C=C/CCCC(=O)OC(COCCC(C(=O)[O-])[N+](C)(C)C)COC(=O)CCCCCCCCCCCCCCCCCCCCCC. The van der Waals surface area contributed by atoms with Crippen LogP contribution in [0.1, 0.15) is 206 Å². The highest BCUT2D eigenvalue weighted by atomic mass is 16.6. The highest BCUT2D eigenvalue weighted by Crippen LogP contribution is 2.16. The van der Waals surface area contributed by atoms with Gasteiger partial charge in [0.25, 0.3) is 0 Å². The number of carbonyl (C=O) groups is 3. The van der Waals surface area contributed by atoms with Crippen LogP contribution >= 0.6 is 0 Å². The first-order chi connectivity index (χ1) is 29.6. The van der Waals surface area contributed by atoms with Crippen LogP contribution in [-0.2, 0) is 28.6 Å². The molecule has 0 aliphatic rings. The van der Waals surface area contributed by atoms with Crippen molar-refractivity contribution in [1.82, 2.24) is 0 Å². The van der Waals surface area contributed by atoms with Crippen LogP contribution in [0.15, 0.2) is 60.8 Å². The molecule has 0 N–H and O–H groups in total. The summed E-state index contributed by atoms with van der Waals surface area (Å²) in [6.07, 6.45) is 54.0. The topological polar surface area (TPSA) is 102 Å². The third-order valence-corrected chi connectivity index (χ3v) is 10.9. The summed E-state index contributed by atoms with van der Waals surface area (Å²) in [5, 5.41) is 11.6. The lowest BCUT2D eigenvalue weighted by atomic mass is 10.0. The summed E-state index contributed by atoms with van der Waals surface area (Å²) >= 11 is 0. The molecule has 0 fully saturated rings. The monoisotopic (exact) mass is 856 g/mol. The number of unbranched alkanes of at least 4 members (excludes halogenated alkanes) is 20. The molecule has 0 rings (SSSR count). The van der Waals surface area contributed by atoms with Crippen LogP contribution in [0.3, 0.4) is 0 Å². The number of carboxylic acid groups (broad SMARTS) is 1. The van der Waals surface area contributed by atoms with E-state index in [1.807, 2.05) is 0 Å². The van der Waals surface area contributed by atoms with Gasteiger partial charge < -0.3 is 28.6 Å². The van der Waals surface area contributed by atoms with Crippen LogP contribution in [0.5, 0.6) is 0 Å². The summed E-state index contributed by atoms with van der Waals surface area (Å²) in [5.74, 6) is -1.81. The second-order valence-corrected chi connectivity index (χ2v) is 17.7. The molecular formula is C53H93NO7. The molecule has 0 spiro atoms. The molecule has 352 valence electrons. The van der Waals surface area contributed by atoms with Gasteiger partial charge in [0, 0.05) is 19.3 Å². The number of ether oxygens (including phenoxy) is 3. The van der Waals surface area contributed by atoms with Crippen molar-refractivity contribution in [2.45, 2.75) is 219 Å². The number of likely N-dealkylation sites (N-methyl/N-ethyl adjacent to an activating group) is 1. The molecule has 8 heteroatoms. The molecule has 8 nitrogen and oxygen atoms in total. The number of aliphatic carboxylic acids is 1. The van der Waals surface area contributed by atoms with Gasteiger partial charge in [0.1, 0.15) is 12.6 Å². The Morgan fingerprint density at radius 2 is 0.918 bits per heavy atom. The minimum absolute atomic E-state index is 0.0179. The van der Waals surface area contributed by atoms with E-state index in [9.17, 15) is 19.5 Å². The van der Waals surface area contributed by atoms with Crippen LogP contribution in [0.4, 0.5) is 0 Å². The summed E-state index contributed by atoms with van der Waals surface area (Å²) in [6, 6.07) is -0.737. The average molecular weight is 856 g/mol. The minimum Gasteiger partial charge on any atom is -0.544 e. The smallest absolute Gasteiger partial charge is 0.306 e. The largest absolute Gasteiger partial charge is 0.544 e. The molecule has 61 heavy (non-hydrogen) atoms. The van der Waals surface area contributed by atoms with Gasteiger partial charge in [-0.25, -0.2) is 0 Å². The van der Waals surface area contributed by atoms with E-state index < -0.39 is 18.1 Å². The van der Waals surface area contributed by atoms with Gasteiger partial charge >= 0.3 is 11.9 Å². The molecular weight excluding hydrogens is 763 g/mol. The van der Waals surface area contributed by atoms with Gasteiger partial charge in [-0.1, -0.05) is 197 Å². The first kappa shape index (κ1) is 58.0. The molecule has 0 aromatic rings. The Hall–Kier alpha value is -2.97. The van der Waals surface area contributed by atoms with Crippen LogP contribution < -0.4 is 5.11 Å². The van der Waals surface area contributed by atoms with Crippen molar-refractivity contribution < 1.29 is 38.2 Å². The predicted octanol–water partition coefficient (Wildman–Crippen LogP) is 12.8. The highest BCUT2D eigenvalue weighted by molar-refractivity contribution is 5.70. The van der Waals surface area contributed by atoms with Crippen molar-refractivity contribution >= 4 is 17.9 Å². The van der Waals surface area contributed by atoms with E-state index in [0.717, 1.165) is 57.8 Å². The van der Waals surface area contributed by atoms with Crippen molar-refractivity contribution in [3.05, 3.63) is 60.8 Å². The Kier molecular flexibility index (Phi) is 41.5. The Balaban J connectivity index is 4.32. The Bertz CT molecular complexity index is 1180. The van der Waals surface area contributed by atoms with Crippen molar-refractivity contribution in [3.63, 3.8) is 0 Å². The van der Waals surface area contributed by atoms with E-state index in [0.29, 0.717) is 12.8 Å². The fourth-order valence-corrected chi connectivity index (χ4v) is 7.11. The van der Waals surface area contributed by atoms with Crippen LogP contribution in [0, 0.1) is 0 Å². The summed E-state index contributed by atoms with van der Waals surface area (Å²) in [6.45, 7) is 4.51. The van der Waals surface area contributed by atoms with E-state index in [1.54, 1.807) is 21.1 Å². The van der Waals surface area contributed by atoms with Gasteiger partial charge in [-0.05, 0) is 51.4 Å². The van der Waals surface area contributed by atoms with Crippen molar-refractivity contribution in [3.8, 4) is 0 Å². The van der Waals surface area contributed by atoms with Crippen LogP contribution in [-0.4, -0.2) is 75.5 Å². The van der Waals surface area contributed by atoms with E-state index in [1.165, 1.54) is 109 Å². The highest BCUT2D eigenvalue weighted by Gasteiger charge is 2.25. The fraction of sp³-hybridized carbons (Fsp3) is 0.755. The number of carbonyl (C=O) groups excluding carboxylic acids is 3. The van der Waals surface area contributed by atoms with E-state index >= 15 is 0 Å². The first-order valence-electron chi connectivity index (χ1n) is 24.8. The number of allylic oxidation sites excluding steroid dienone is 10. The number of carboxylic acids is 1. The molecule has 2 atom stereocenters. The Labute approximate surface area is 375 Å². The van der Waals surface area contributed by atoms with E-state index in [-0.39, 0.29) is 49.1 Å². The molecule has 0 aromatic heterocycles. The van der Waals surface area contributed by atoms with Gasteiger partial charge in [-0.3, -0.25) is 9.59 Å². The van der Waals surface area contributed by atoms with Crippen molar-refractivity contribution in [2.75, 3.05) is 41.0 Å². The molecule has 0 heterocycles. The van der Waals surface area contributed by atoms with Gasteiger partial charge in [0.05, 0.1) is 40.3 Å². The lowest BCUT2D eigenvalue weighted by Gasteiger charge is -2.34. The summed E-state index contributed by atoms with van der Waals surface area (Å²) in [5.41, 5.74) is 0. The first-order valence-corrected chi connectivity index (χ1v) is 24.8. The third-order valence-electron chi connectivity index (χ3n) is 10.9. The van der Waals surface area contributed by atoms with Gasteiger partial charge in [-0.15, -0.1) is 0 Å². The maximum Gasteiger partial charge on any atom is 0.306 e. The third kappa shape index (κ3) is 42.1. The zero-order chi connectivity index (χ0) is 44.9. The van der Waals surface area contributed by atoms with Gasteiger partial charge in [0.2, 0.25) is 0 Å². The molecule has 0 aromatic carbocycles. The molecule has 2 unspecified atom stereocenters. The molecule has 0 amide bonds. The standard InChI is InChI=1S/C53H93NO7/c1-6-8-10-12-14-16-18-20-22-24-25-26-28-29-31-33-35-37-39-41-43-51(55)60-48-49(47-59-46-45-50(53(57)58)54(3,4)5)61-52(56)44-42-40-38-36-34-32-30-27-23-21-19-17-15-13-11-9-7-2/h9,11,15,17,21,23,30,32,36,38,49-50H,6-8,10,12-14,16,18-20,22,24-29,31,33-35,37,39-48H2,1-5H3/b11-9+,17-15+,23-21+,32-30+,38-36+. The van der Waals surface area contributed by atoms with Crippen molar-refractivity contribution in [2.24, 2.45) is 0 Å². The quantitative estimate of drug-likeness (QED) is 0.0260. The maximum atomic E-state index is 12.7. The van der Waals surface area contributed by atoms with Crippen LogP contribution in [0.2, 0.25) is 0 Å². The van der Waals surface area contributed by atoms with E-state index in [4.69, 9.17) is 14.2 Å². The number of hydrogen-bond acceptors (Lipinski definition) is 7. The normalized spacial score (nSPS) is 13.4. The van der Waals surface area contributed by atoms with Gasteiger partial charge in [0.15, 0.2) is 6.10 Å². The van der Waals surface area contributed by atoms with Gasteiger partial charge in [-0.2, -0.15) is 0 Å². The second-order valence-electron chi connectivity index (χ2n) is 17.7. The maximum absolute atomic E-state index is 12.7. The molecule has 0 bridgehead atoms. The lowest BCUT2D eigenvalue weighted by Crippen LogP contribution is -2.55. The van der Waals surface area contributed by atoms with E-state index in [2.05, 4.69) is 74.6 Å². The minimum atomic E-state index is -1.13. The molecule has 0 saturated heterocycles. The molecule has 0 radical (unpaired) electrons. The summed E-state index contributed by atoms with van der Waals surface area (Å²) < 4.78 is 17.2.